The summed E-state index contributed by atoms with van der Waals surface area (Å²) in [5.74, 6) is -1.83. The Kier molecular flexibility index (Phi) is 8.32. The Hall–Kier alpha value is -4.15. The number of hydrogen-bond acceptors (Lipinski definition) is 7. The predicted octanol–water partition coefficient (Wildman–Crippen LogP) is 3.03. The zero-order valence-electron chi connectivity index (χ0n) is 18.7. The first-order valence-corrected chi connectivity index (χ1v) is 9.90. The lowest BCUT2D eigenvalue weighted by Crippen LogP contribution is -2.45. The molecule has 0 fully saturated rings. The van der Waals surface area contributed by atoms with Crippen molar-refractivity contribution in [1.29, 1.82) is 0 Å². The second-order valence-corrected chi connectivity index (χ2v) is 7.93. The van der Waals surface area contributed by atoms with Crippen molar-refractivity contribution < 1.29 is 33.8 Å². The molecule has 11 nitrogen and oxygen atoms in total. The molecule has 0 unspecified atom stereocenters. The van der Waals surface area contributed by atoms with E-state index < -0.39 is 35.7 Å². The van der Waals surface area contributed by atoms with Crippen LogP contribution >= 0.6 is 0 Å². The lowest BCUT2D eigenvalue weighted by atomic mass is 10.1. The van der Waals surface area contributed by atoms with E-state index in [9.17, 15) is 24.3 Å². The van der Waals surface area contributed by atoms with Gasteiger partial charge in [0, 0.05) is 18.3 Å². The number of aromatic nitrogens is 1. The van der Waals surface area contributed by atoms with E-state index in [0.717, 1.165) is 0 Å². The van der Waals surface area contributed by atoms with Crippen LogP contribution < -0.4 is 16.0 Å². The van der Waals surface area contributed by atoms with Crippen molar-refractivity contribution in [2.45, 2.75) is 38.8 Å². The number of rotatable bonds is 7. The van der Waals surface area contributed by atoms with Gasteiger partial charge in [0.05, 0.1) is 24.6 Å². The highest BCUT2D eigenvalue weighted by atomic mass is 16.6. The third-order valence-corrected chi connectivity index (χ3v) is 4.13. The number of methoxy groups -OCH3 is 1. The fourth-order valence-corrected chi connectivity index (χ4v) is 2.71. The predicted molar refractivity (Wildman–Crippen MR) is 119 cm³/mol. The van der Waals surface area contributed by atoms with E-state index in [1.54, 1.807) is 45.0 Å². The van der Waals surface area contributed by atoms with Gasteiger partial charge in [0.1, 0.15) is 11.6 Å². The number of ether oxygens (including phenoxy) is 2. The first kappa shape index (κ1) is 25.1. The van der Waals surface area contributed by atoms with Gasteiger partial charge in [-0.25, -0.2) is 19.2 Å². The second kappa shape index (κ2) is 10.9. The fraction of sp³-hybridized carbons (Fsp3) is 0.318. The van der Waals surface area contributed by atoms with Gasteiger partial charge in [-0.15, -0.1) is 0 Å². The molecule has 0 aliphatic rings. The van der Waals surface area contributed by atoms with Crippen LogP contribution in [0.5, 0.6) is 0 Å². The average Bonchev–Trinajstić information content (AvgIpc) is 2.72. The van der Waals surface area contributed by atoms with Gasteiger partial charge in [0.15, 0.2) is 0 Å². The number of carboxylic acid groups (broad SMARTS) is 1. The summed E-state index contributed by atoms with van der Waals surface area (Å²) in [5, 5.41) is 16.7. The quantitative estimate of drug-likeness (QED) is 0.461. The van der Waals surface area contributed by atoms with Gasteiger partial charge in [-0.2, -0.15) is 0 Å². The first-order valence-electron chi connectivity index (χ1n) is 9.90. The normalized spacial score (nSPS) is 11.6. The topological polar surface area (TPSA) is 156 Å². The summed E-state index contributed by atoms with van der Waals surface area (Å²) in [6, 6.07) is 6.17. The van der Waals surface area contributed by atoms with Gasteiger partial charge in [0.2, 0.25) is 0 Å². The maximum atomic E-state index is 12.2. The van der Waals surface area contributed by atoms with Crippen LogP contribution in [0.3, 0.4) is 0 Å². The number of anilines is 2. The Labute approximate surface area is 190 Å². The van der Waals surface area contributed by atoms with Gasteiger partial charge >= 0.3 is 24.1 Å². The van der Waals surface area contributed by atoms with Crippen molar-refractivity contribution >= 4 is 35.4 Å². The maximum absolute atomic E-state index is 12.2. The highest BCUT2D eigenvalue weighted by Crippen LogP contribution is 2.16. The summed E-state index contributed by atoms with van der Waals surface area (Å²) in [5.41, 5.74) is 0.342. The van der Waals surface area contributed by atoms with E-state index in [2.05, 4.69) is 20.9 Å². The number of nitrogens with one attached hydrogen (secondary N) is 3. The lowest BCUT2D eigenvalue weighted by molar-refractivity contribution is -0.143. The zero-order chi connectivity index (χ0) is 24.6. The number of benzene rings is 1. The molecule has 3 amide bonds. The van der Waals surface area contributed by atoms with Gasteiger partial charge in [-0.3, -0.25) is 4.98 Å². The van der Waals surface area contributed by atoms with Gasteiger partial charge < -0.3 is 30.5 Å². The number of carbonyl (C=O) groups excluding carboxylic acids is 3. The molecule has 0 saturated carbocycles. The molecular formula is C22H26N4O7. The van der Waals surface area contributed by atoms with Crippen LogP contribution in [0.2, 0.25) is 0 Å². The van der Waals surface area contributed by atoms with Crippen molar-refractivity contribution in [3.05, 3.63) is 53.9 Å². The van der Waals surface area contributed by atoms with E-state index in [1.165, 1.54) is 25.6 Å². The van der Waals surface area contributed by atoms with E-state index in [1.807, 2.05) is 0 Å². The molecule has 33 heavy (non-hydrogen) atoms. The van der Waals surface area contributed by atoms with Crippen LogP contribution in [0, 0.1) is 0 Å². The molecule has 1 heterocycles. The molecule has 11 heteroatoms. The number of pyridine rings is 1. The number of nitrogens with zero attached hydrogens (tertiary/aromatic N) is 1. The van der Waals surface area contributed by atoms with Gasteiger partial charge in [0.25, 0.3) is 0 Å². The molecule has 4 N–H and O–H groups in total. The number of esters is 1. The molecule has 0 radical (unpaired) electrons. The zero-order valence-corrected chi connectivity index (χ0v) is 18.7. The van der Waals surface area contributed by atoms with E-state index in [-0.39, 0.29) is 17.7 Å². The first-order chi connectivity index (χ1) is 15.5. The van der Waals surface area contributed by atoms with E-state index in [4.69, 9.17) is 9.47 Å². The van der Waals surface area contributed by atoms with Crippen LogP contribution in [0.1, 0.15) is 36.7 Å². The number of amides is 3. The minimum absolute atomic E-state index is 0.0493. The van der Waals surface area contributed by atoms with Crippen molar-refractivity contribution in [2.24, 2.45) is 0 Å². The number of alkyl carbamates (subject to hydrolysis) is 1. The maximum Gasteiger partial charge on any atom is 0.408 e. The lowest BCUT2D eigenvalue weighted by Gasteiger charge is -2.22. The molecule has 2 aromatic rings. The molecule has 0 saturated heterocycles. The second-order valence-electron chi connectivity index (χ2n) is 7.93. The molecule has 0 aliphatic heterocycles. The molecule has 1 atom stereocenters. The molecule has 176 valence electrons. The smallest absolute Gasteiger partial charge is 0.408 e. The summed E-state index contributed by atoms with van der Waals surface area (Å²) < 4.78 is 9.94. The SMILES string of the molecule is COC(=O)[C@H](Cc1ccc(NC(=O)Nc2cnccc2C(=O)O)cc1)NC(=O)OC(C)(C)C. The van der Waals surface area contributed by atoms with Crippen LogP contribution in [-0.2, 0) is 20.7 Å². The third kappa shape index (κ3) is 8.13. The highest BCUT2D eigenvalue weighted by Gasteiger charge is 2.25. The fourth-order valence-electron chi connectivity index (χ4n) is 2.71. The number of carboxylic acids is 1. The van der Waals surface area contributed by atoms with Crippen LogP contribution in [0.15, 0.2) is 42.7 Å². The molecule has 0 bridgehead atoms. The Bertz CT molecular complexity index is 1020. The summed E-state index contributed by atoms with van der Waals surface area (Å²) in [6.07, 6.45) is 1.93. The molecule has 0 spiro atoms. The highest BCUT2D eigenvalue weighted by molar-refractivity contribution is 6.04. The summed E-state index contributed by atoms with van der Waals surface area (Å²) in [7, 11) is 1.22. The Balaban J connectivity index is 2.01. The van der Waals surface area contributed by atoms with Crippen molar-refractivity contribution in [1.82, 2.24) is 10.3 Å². The molecule has 2 rings (SSSR count). The molecule has 0 aliphatic carbocycles. The van der Waals surface area contributed by atoms with Crippen molar-refractivity contribution in [2.75, 3.05) is 17.7 Å². The van der Waals surface area contributed by atoms with E-state index in [0.29, 0.717) is 11.3 Å². The summed E-state index contributed by atoms with van der Waals surface area (Å²) in [4.78, 5) is 51.4. The summed E-state index contributed by atoms with van der Waals surface area (Å²) in [6.45, 7) is 5.12. The van der Waals surface area contributed by atoms with Crippen LogP contribution in [0.4, 0.5) is 21.0 Å². The number of urea groups is 1. The Morgan fingerprint density at radius 1 is 1.06 bits per heavy atom. The average molecular weight is 458 g/mol. The van der Waals surface area contributed by atoms with E-state index >= 15 is 0 Å². The minimum atomic E-state index is -1.20. The number of hydrogen-bond donors (Lipinski definition) is 4. The largest absolute Gasteiger partial charge is 0.478 e. The van der Waals surface area contributed by atoms with Crippen LogP contribution in [0.25, 0.3) is 0 Å². The number of carbonyl (C=O) groups is 4. The number of aromatic carboxylic acids is 1. The summed E-state index contributed by atoms with van der Waals surface area (Å²) >= 11 is 0. The minimum Gasteiger partial charge on any atom is -0.478 e. The van der Waals surface area contributed by atoms with Crippen LogP contribution in [-0.4, -0.2) is 52.9 Å². The van der Waals surface area contributed by atoms with Crippen molar-refractivity contribution in [3.63, 3.8) is 0 Å². The standard InChI is InChI=1S/C22H26N4O7/c1-22(2,3)33-21(31)26-16(19(29)32-4)11-13-5-7-14(8-6-13)24-20(30)25-17-12-23-10-9-15(17)18(27)28/h5-10,12,16H,11H2,1-4H3,(H,26,31)(H,27,28)(H2,24,25,30)/t16-/m0/s1. The van der Waals surface area contributed by atoms with Gasteiger partial charge in [-0.05, 0) is 44.5 Å². The molecule has 1 aromatic heterocycles. The third-order valence-electron chi connectivity index (χ3n) is 4.13. The monoisotopic (exact) mass is 458 g/mol. The molecule has 1 aromatic carbocycles. The Morgan fingerprint density at radius 2 is 1.73 bits per heavy atom. The van der Waals surface area contributed by atoms with Gasteiger partial charge in [-0.1, -0.05) is 12.1 Å². The molecular weight excluding hydrogens is 432 g/mol. The Morgan fingerprint density at radius 3 is 2.30 bits per heavy atom. The van der Waals surface area contributed by atoms with Crippen molar-refractivity contribution in [3.8, 4) is 0 Å².